The molecule has 3 aromatic rings. The standard InChI is InChI=1S/C27H29ClN4O2/c1-32(2)24-15-26(31-23-6-4-3-5-22(23)24)29-20-8-10-21(11-9-20)30-27(33)18-13-17-14-19(28)7-12-25(17)34-16-18/h3-7,12-15,20-21H,8-11,16H2,1-2H3,(H,29,31)(H,30,33). The van der Waals surface area contributed by atoms with Crippen molar-refractivity contribution in [1.82, 2.24) is 10.3 Å². The Balaban J connectivity index is 1.19. The Morgan fingerprint density at radius 3 is 2.62 bits per heavy atom. The van der Waals surface area contributed by atoms with Crippen LogP contribution in [0.2, 0.25) is 5.02 Å². The van der Waals surface area contributed by atoms with Crippen LogP contribution in [0.25, 0.3) is 17.0 Å². The molecule has 2 N–H and O–H groups in total. The van der Waals surface area contributed by atoms with E-state index < -0.39 is 0 Å². The number of para-hydroxylation sites is 1. The fourth-order valence-corrected chi connectivity index (χ4v) is 4.93. The Kier molecular flexibility index (Phi) is 6.33. The van der Waals surface area contributed by atoms with Crippen molar-refractivity contribution in [2.45, 2.75) is 37.8 Å². The highest BCUT2D eigenvalue weighted by Gasteiger charge is 2.25. The number of halogens is 1. The third-order valence-electron chi connectivity index (χ3n) is 6.57. The van der Waals surface area contributed by atoms with Gasteiger partial charge in [0.2, 0.25) is 0 Å². The van der Waals surface area contributed by atoms with E-state index in [2.05, 4.69) is 47.8 Å². The molecule has 1 saturated carbocycles. The van der Waals surface area contributed by atoms with Gasteiger partial charge in [-0.25, -0.2) is 4.98 Å². The molecule has 176 valence electrons. The predicted molar refractivity (Wildman–Crippen MR) is 139 cm³/mol. The van der Waals surface area contributed by atoms with Crippen LogP contribution in [-0.4, -0.2) is 43.7 Å². The van der Waals surface area contributed by atoms with Crippen LogP contribution >= 0.6 is 11.6 Å². The van der Waals surface area contributed by atoms with Gasteiger partial charge in [-0.15, -0.1) is 0 Å². The van der Waals surface area contributed by atoms with E-state index in [1.165, 1.54) is 0 Å². The van der Waals surface area contributed by atoms with Crippen LogP contribution in [0.5, 0.6) is 5.75 Å². The second-order valence-corrected chi connectivity index (χ2v) is 9.68. The molecule has 34 heavy (non-hydrogen) atoms. The fourth-order valence-electron chi connectivity index (χ4n) is 4.75. The lowest BCUT2D eigenvalue weighted by molar-refractivity contribution is -0.118. The van der Waals surface area contributed by atoms with Gasteiger partial charge in [0.05, 0.1) is 11.1 Å². The Bertz CT molecular complexity index is 1250. The van der Waals surface area contributed by atoms with Crippen molar-refractivity contribution in [3.8, 4) is 5.75 Å². The number of nitrogens with one attached hydrogen (secondary N) is 2. The number of aromatic nitrogens is 1. The van der Waals surface area contributed by atoms with E-state index >= 15 is 0 Å². The van der Waals surface area contributed by atoms with Crippen molar-refractivity contribution in [1.29, 1.82) is 0 Å². The van der Waals surface area contributed by atoms with Gasteiger partial charge in [0.15, 0.2) is 0 Å². The van der Waals surface area contributed by atoms with E-state index in [0.29, 0.717) is 16.6 Å². The van der Waals surface area contributed by atoms with Gasteiger partial charge in [0, 0.05) is 53.9 Å². The zero-order valence-electron chi connectivity index (χ0n) is 19.5. The summed E-state index contributed by atoms with van der Waals surface area (Å²) in [4.78, 5) is 19.8. The summed E-state index contributed by atoms with van der Waals surface area (Å²) in [7, 11) is 4.11. The van der Waals surface area contributed by atoms with Crippen molar-refractivity contribution >= 4 is 46.0 Å². The Labute approximate surface area is 205 Å². The van der Waals surface area contributed by atoms with Crippen molar-refractivity contribution in [3.05, 3.63) is 64.7 Å². The van der Waals surface area contributed by atoms with E-state index in [0.717, 1.165) is 59.4 Å². The molecule has 1 aromatic heterocycles. The third-order valence-corrected chi connectivity index (χ3v) is 6.80. The average Bonchev–Trinajstić information content (AvgIpc) is 2.84. The van der Waals surface area contributed by atoms with Crippen LogP contribution in [-0.2, 0) is 4.79 Å². The van der Waals surface area contributed by atoms with Crippen LogP contribution in [0.3, 0.4) is 0 Å². The van der Waals surface area contributed by atoms with Crippen LogP contribution in [0, 0.1) is 0 Å². The van der Waals surface area contributed by atoms with Crippen molar-refractivity contribution in [2.24, 2.45) is 0 Å². The van der Waals surface area contributed by atoms with Gasteiger partial charge in [-0.3, -0.25) is 4.79 Å². The molecular formula is C27H29ClN4O2. The molecule has 0 spiro atoms. The van der Waals surface area contributed by atoms with Crippen molar-refractivity contribution in [2.75, 3.05) is 30.9 Å². The van der Waals surface area contributed by atoms with Gasteiger partial charge in [-0.1, -0.05) is 29.8 Å². The first-order valence-electron chi connectivity index (χ1n) is 11.7. The van der Waals surface area contributed by atoms with Crippen LogP contribution < -0.4 is 20.3 Å². The number of carbonyl (C=O) groups excluding carboxylic acids is 1. The lowest BCUT2D eigenvalue weighted by Crippen LogP contribution is -2.41. The molecule has 1 aliphatic heterocycles. The minimum Gasteiger partial charge on any atom is -0.488 e. The number of ether oxygens (including phenoxy) is 1. The molecule has 6 nitrogen and oxygen atoms in total. The number of amides is 1. The summed E-state index contributed by atoms with van der Waals surface area (Å²) in [6.07, 6.45) is 5.68. The maximum absolute atomic E-state index is 12.8. The van der Waals surface area contributed by atoms with Crippen LogP contribution in [0.15, 0.2) is 54.1 Å². The number of fused-ring (bicyclic) bond motifs is 2. The maximum Gasteiger partial charge on any atom is 0.250 e. The normalized spacial score (nSPS) is 19.6. The highest BCUT2D eigenvalue weighted by atomic mass is 35.5. The molecule has 5 rings (SSSR count). The average molecular weight is 477 g/mol. The molecule has 2 aliphatic rings. The molecule has 7 heteroatoms. The molecule has 1 amide bonds. The molecule has 0 radical (unpaired) electrons. The number of hydrogen-bond acceptors (Lipinski definition) is 5. The molecular weight excluding hydrogens is 448 g/mol. The SMILES string of the molecule is CN(C)c1cc(NC2CCC(NC(=O)C3=Cc4cc(Cl)ccc4OC3)CC2)nc2ccccc12. The first-order valence-corrected chi connectivity index (χ1v) is 12.1. The van der Waals surface area contributed by atoms with E-state index in [-0.39, 0.29) is 18.6 Å². The van der Waals surface area contributed by atoms with Crippen LogP contribution in [0.1, 0.15) is 31.2 Å². The summed E-state index contributed by atoms with van der Waals surface area (Å²) >= 11 is 6.09. The Hall–Kier alpha value is -3.25. The number of carbonyl (C=O) groups is 1. The molecule has 0 bridgehead atoms. The van der Waals surface area contributed by atoms with Crippen molar-refractivity contribution in [3.63, 3.8) is 0 Å². The number of hydrogen-bond donors (Lipinski definition) is 2. The number of pyridine rings is 1. The van der Waals surface area contributed by atoms with Crippen molar-refractivity contribution < 1.29 is 9.53 Å². The molecule has 0 atom stereocenters. The predicted octanol–water partition coefficient (Wildman–Crippen LogP) is 5.27. The summed E-state index contributed by atoms with van der Waals surface area (Å²) in [5.41, 5.74) is 3.62. The van der Waals surface area contributed by atoms with E-state index in [1.54, 1.807) is 6.07 Å². The summed E-state index contributed by atoms with van der Waals surface area (Å²) < 4.78 is 5.73. The van der Waals surface area contributed by atoms with Gasteiger partial charge in [0.25, 0.3) is 5.91 Å². The Morgan fingerprint density at radius 2 is 1.82 bits per heavy atom. The van der Waals surface area contributed by atoms with E-state index in [9.17, 15) is 4.79 Å². The quantitative estimate of drug-likeness (QED) is 0.525. The molecule has 2 heterocycles. The van der Waals surface area contributed by atoms with Gasteiger partial charge in [-0.05, 0) is 56.0 Å². The molecule has 0 unspecified atom stereocenters. The molecule has 2 aromatic carbocycles. The number of nitrogens with zero attached hydrogens (tertiary/aromatic N) is 2. The second kappa shape index (κ2) is 9.55. The zero-order chi connectivity index (χ0) is 23.7. The van der Waals surface area contributed by atoms with Gasteiger partial charge in [0.1, 0.15) is 18.2 Å². The summed E-state index contributed by atoms with van der Waals surface area (Å²) in [6.45, 7) is 0.277. The van der Waals surface area contributed by atoms with Gasteiger partial charge in [-0.2, -0.15) is 0 Å². The fraction of sp³-hybridized carbons (Fsp3) is 0.333. The topological polar surface area (TPSA) is 66.5 Å². The monoisotopic (exact) mass is 476 g/mol. The molecule has 0 saturated heterocycles. The lowest BCUT2D eigenvalue weighted by atomic mass is 9.91. The number of benzene rings is 2. The van der Waals surface area contributed by atoms with Crippen LogP contribution in [0.4, 0.5) is 11.5 Å². The summed E-state index contributed by atoms with van der Waals surface area (Å²) in [5.74, 6) is 1.60. The summed E-state index contributed by atoms with van der Waals surface area (Å²) in [5, 5.41) is 8.60. The third kappa shape index (κ3) is 4.82. The molecule has 1 aliphatic carbocycles. The number of rotatable bonds is 5. The first-order chi connectivity index (χ1) is 16.5. The van der Waals surface area contributed by atoms with Gasteiger partial charge < -0.3 is 20.3 Å². The van der Waals surface area contributed by atoms with E-state index in [1.807, 2.05) is 30.3 Å². The first kappa shape index (κ1) is 22.5. The zero-order valence-corrected chi connectivity index (χ0v) is 20.2. The maximum atomic E-state index is 12.8. The highest BCUT2D eigenvalue weighted by molar-refractivity contribution is 6.30. The summed E-state index contributed by atoms with van der Waals surface area (Å²) in [6, 6.07) is 16.3. The minimum atomic E-state index is -0.0612. The van der Waals surface area contributed by atoms with E-state index in [4.69, 9.17) is 21.3 Å². The minimum absolute atomic E-state index is 0.0612. The highest BCUT2D eigenvalue weighted by Crippen LogP contribution is 2.31. The second-order valence-electron chi connectivity index (χ2n) is 9.24. The van der Waals surface area contributed by atoms with Gasteiger partial charge >= 0.3 is 0 Å². The largest absolute Gasteiger partial charge is 0.488 e. The number of anilines is 2. The smallest absolute Gasteiger partial charge is 0.250 e. The molecule has 1 fully saturated rings. The lowest BCUT2D eigenvalue weighted by Gasteiger charge is -2.31. The Morgan fingerprint density at radius 1 is 1.06 bits per heavy atom.